The summed E-state index contributed by atoms with van der Waals surface area (Å²) >= 11 is 1.76. The Morgan fingerprint density at radius 3 is 2.47 bits per heavy atom. The van der Waals surface area contributed by atoms with Crippen molar-refractivity contribution < 1.29 is 23.8 Å². The van der Waals surface area contributed by atoms with E-state index in [2.05, 4.69) is 6.92 Å². The molecule has 3 rings (SSSR count). The number of ketones is 1. The number of thioether (sulfide) groups is 1. The van der Waals surface area contributed by atoms with Crippen molar-refractivity contribution in [3.05, 3.63) is 64.9 Å². The number of fused-ring (bicyclic) bond motifs is 1. The molecule has 6 heteroatoms. The van der Waals surface area contributed by atoms with Crippen LogP contribution in [0, 0.1) is 13.8 Å². The van der Waals surface area contributed by atoms with Crippen molar-refractivity contribution >= 4 is 40.6 Å². The number of carbonyl (C=O) groups is 2. The van der Waals surface area contributed by atoms with Crippen molar-refractivity contribution in [3.8, 4) is 5.75 Å². The number of rotatable bonds is 9. The molecule has 1 N–H and O–H groups in total. The van der Waals surface area contributed by atoms with Crippen LogP contribution in [-0.2, 0) is 4.79 Å². The minimum atomic E-state index is -1.33. The standard InChI is InChI=1S/C26H28O5S/c1-6-13-32-22-10-8-19(24-20(22)11-12-30-24)21(27)9-7-18-14-16(2)23(17(3)15-18)31-26(4,5)25(28)29/h7-12,14-15H,6,13H2,1-5H3,(H,28,29)/b9-7+. The molecule has 3 aromatic rings. The van der Waals surface area contributed by atoms with E-state index < -0.39 is 11.6 Å². The van der Waals surface area contributed by atoms with Crippen molar-refractivity contribution in [1.29, 1.82) is 0 Å². The van der Waals surface area contributed by atoms with E-state index in [9.17, 15) is 14.7 Å². The first-order valence-electron chi connectivity index (χ1n) is 10.5. The molecule has 0 bridgehead atoms. The summed E-state index contributed by atoms with van der Waals surface area (Å²) in [6, 6.07) is 9.44. The Morgan fingerprint density at radius 2 is 1.84 bits per heavy atom. The lowest BCUT2D eigenvalue weighted by atomic mass is 10.0. The molecule has 0 aliphatic rings. The van der Waals surface area contributed by atoms with Crippen LogP contribution in [0.5, 0.6) is 5.75 Å². The van der Waals surface area contributed by atoms with Crippen LogP contribution in [-0.4, -0.2) is 28.2 Å². The second-order valence-electron chi connectivity index (χ2n) is 8.22. The van der Waals surface area contributed by atoms with Gasteiger partial charge in [-0.3, -0.25) is 4.79 Å². The summed E-state index contributed by atoms with van der Waals surface area (Å²) in [7, 11) is 0. The molecule has 0 amide bonds. The molecule has 0 aliphatic heterocycles. The topological polar surface area (TPSA) is 76.7 Å². The molecular weight excluding hydrogens is 424 g/mol. The van der Waals surface area contributed by atoms with Crippen molar-refractivity contribution in [2.45, 2.75) is 51.5 Å². The molecule has 0 spiro atoms. The van der Waals surface area contributed by atoms with Gasteiger partial charge in [0.25, 0.3) is 0 Å². The molecule has 0 fully saturated rings. The fourth-order valence-electron chi connectivity index (χ4n) is 3.37. The molecule has 2 aromatic carbocycles. The van der Waals surface area contributed by atoms with Gasteiger partial charge in [0.15, 0.2) is 11.4 Å². The molecule has 0 atom stereocenters. The molecule has 168 valence electrons. The van der Waals surface area contributed by atoms with Gasteiger partial charge in [0.05, 0.1) is 11.8 Å². The lowest BCUT2D eigenvalue weighted by Crippen LogP contribution is -2.38. The summed E-state index contributed by atoms with van der Waals surface area (Å²) in [5.74, 6) is 0.377. The maximum Gasteiger partial charge on any atom is 0.347 e. The van der Waals surface area contributed by atoms with Gasteiger partial charge in [-0.1, -0.05) is 13.0 Å². The predicted octanol–water partition coefficient (Wildman–Crippen LogP) is 6.69. The Kier molecular flexibility index (Phi) is 7.14. The summed E-state index contributed by atoms with van der Waals surface area (Å²) < 4.78 is 11.4. The zero-order valence-corrected chi connectivity index (χ0v) is 19.8. The van der Waals surface area contributed by atoms with Gasteiger partial charge in [-0.2, -0.15) is 0 Å². The second kappa shape index (κ2) is 9.65. The Morgan fingerprint density at radius 1 is 1.16 bits per heavy atom. The molecule has 0 saturated carbocycles. The average Bonchev–Trinajstić information content (AvgIpc) is 3.23. The molecule has 0 saturated heterocycles. The van der Waals surface area contributed by atoms with Gasteiger partial charge < -0.3 is 14.3 Å². The van der Waals surface area contributed by atoms with Gasteiger partial charge in [0, 0.05) is 10.3 Å². The highest BCUT2D eigenvalue weighted by Gasteiger charge is 2.30. The van der Waals surface area contributed by atoms with Gasteiger partial charge >= 0.3 is 5.97 Å². The highest BCUT2D eigenvalue weighted by Crippen LogP contribution is 2.32. The third-order valence-corrected chi connectivity index (χ3v) is 6.37. The normalized spacial score (nSPS) is 11.9. The monoisotopic (exact) mass is 452 g/mol. The van der Waals surface area contributed by atoms with E-state index in [1.165, 1.54) is 19.9 Å². The average molecular weight is 453 g/mol. The fraction of sp³-hybridized carbons (Fsp3) is 0.308. The number of ether oxygens (including phenoxy) is 1. The zero-order chi connectivity index (χ0) is 23.5. The van der Waals surface area contributed by atoms with E-state index >= 15 is 0 Å². The largest absolute Gasteiger partial charge is 0.478 e. The number of allylic oxidation sites excluding steroid dienone is 1. The number of hydrogen-bond donors (Lipinski definition) is 1. The molecule has 0 radical (unpaired) electrons. The van der Waals surface area contributed by atoms with Crippen molar-refractivity contribution in [3.63, 3.8) is 0 Å². The van der Waals surface area contributed by atoms with Crippen LogP contribution in [0.25, 0.3) is 17.0 Å². The molecule has 1 aromatic heterocycles. The van der Waals surface area contributed by atoms with Gasteiger partial charge in [-0.05, 0) is 93.0 Å². The number of carboxylic acid groups (broad SMARTS) is 1. The number of furan rings is 1. The first-order chi connectivity index (χ1) is 15.1. The lowest BCUT2D eigenvalue weighted by Gasteiger charge is -2.24. The van der Waals surface area contributed by atoms with E-state index in [0.29, 0.717) is 16.9 Å². The smallest absolute Gasteiger partial charge is 0.347 e. The van der Waals surface area contributed by atoms with Gasteiger partial charge in [-0.25, -0.2) is 4.79 Å². The first kappa shape index (κ1) is 23.7. The van der Waals surface area contributed by atoms with Crippen LogP contribution in [0.3, 0.4) is 0 Å². The summed E-state index contributed by atoms with van der Waals surface area (Å²) in [6.45, 7) is 8.89. The van der Waals surface area contributed by atoms with Gasteiger partial charge in [-0.15, -0.1) is 11.8 Å². The second-order valence-corrected chi connectivity index (χ2v) is 9.36. The molecule has 0 aliphatic carbocycles. The minimum Gasteiger partial charge on any atom is -0.478 e. The van der Waals surface area contributed by atoms with Crippen LogP contribution >= 0.6 is 11.8 Å². The van der Waals surface area contributed by atoms with Gasteiger partial charge in [0.2, 0.25) is 0 Å². The van der Waals surface area contributed by atoms with Crippen molar-refractivity contribution in [2.24, 2.45) is 0 Å². The van der Waals surface area contributed by atoms with Gasteiger partial charge in [0.1, 0.15) is 11.3 Å². The van der Waals surface area contributed by atoms with Crippen LogP contribution in [0.2, 0.25) is 0 Å². The van der Waals surface area contributed by atoms with Crippen LogP contribution < -0.4 is 4.74 Å². The third-order valence-electron chi connectivity index (χ3n) is 5.09. The Labute approximate surface area is 192 Å². The molecule has 1 heterocycles. The highest BCUT2D eigenvalue weighted by molar-refractivity contribution is 7.99. The number of carboxylic acids is 1. The predicted molar refractivity (Wildman–Crippen MR) is 129 cm³/mol. The van der Waals surface area contributed by atoms with Crippen LogP contribution in [0.15, 0.2) is 52.0 Å². The fourth-order valence-corrected chi connectivity index (χ4v) is 4.27. The zero-order valence-electron chi connectivity index (χ0n) is 19.0. The number of carbonyl (C=O) groups excluding carboxylic acids is 1. The highest BCUT2D eigenvalue weighted by atomic mass is 32.2. The quantitative estimate of drug-likeness (QED) is 0.221. The summed E-state index contributed by atoms with van der Waals surface area (Å²) in [5.41, 5.74) is 2.24. The first-order valence-corrected chi connectivity index (χ1v) is 11.5. The van der Waals surface area contributed by atoms with E-state index in [4.69, 9.17) is 9.15 Å². The molecule has 32 heavy (non-hydrogen) atoms. The van der Waals surface area contributed by atoms with E-state index in [0.717, 1.165) is 39.1 Å². The maximum atomic E-state index is 12.9. The van der Waals surface area contributed by atoms with E-state index in [1.54, 1.807) is 24.1 Å². The Bertz CT molecular complexity index is 1160. The van der Waals surface area contributed by atoms with Crippen molar-refractivity contribution in [1.82, 2.24) is 0 Å². The van der Waals surface area contributed by atoms with Crippen LogP contribution in [0.1, 0.15) is 54.2 Å². The van der Waals surface area contributed by atoms with Crippen LogP contribution in [0.4, 0.5) is 0 Å². The summed E-state index contributed by atoms with van der Waals surface area (Å²) in [6.07, 6.45) is 5.98. The third kappa shape index (κ3) is 5.07. The molecule has 0 unspecified atom stereocenters. The summed E-state index contributed by atoms with van der Waals surface area (Å²) in [4.78, 5) is 25.4. The number of aryl methyl sites for hydroxylation is 2. The lowest BCUT2D eigenvalue weighted by molar-refractivity contribution is -0.152. The number of hydrogen-bond acceptors (Lipinski definition) is 5. The Hall–Kier alpha value is -2.99. The summed E-state index contributed by atoms with van der Waals surface area (Å²) in [5, 5.41) is 10.3. The Balaban J connectivity index is 1.85. The number of aliphatic carboxylic acids is 1. The van der Waals surface area contributed by atoms with Crippen molar-refractivity contribution in [2.75, 3.05) is 5.75 Å². The number of benzene rings is 2. The molecular formula is C26H28O5S. The van der Waals surface area contributed by atoms with E-state index in [1.807, 2.05) is 44.2 Å². The van der Waals surface area contributed by atoms with E-state index in [-0.39, 0.29) is 5.78 Å². The maximum absolute atomic E-state index is 12.9. The SMILES string of the molecule is CCCSc1ccc(C(=O)/C=C/c2cc(C)c(OC(C)(C)C(=O)O)c(C)c2)c2occc12. The minimum absolute atomic E-state index is 0.139. The molecule has 5 nitrogen and oxygen atoms in total.